The average molecular weight is 413 g/mol. The second-order valence-electron chi connectivity index (χ2n) is 5.16. The second kappa shape index (κ2) is 7.68. The van der Waals surface area contributed by atoms with Crippen molar-refractivity contribution in [2.24, 2.45) is 0 Å². The Morgan fingerprint density at radius 3 is 2.62 bits per heavy atom. The number of hydrogen-bond donors (Lipinski definition) is 2. The predicted octanol–water partition coefficient (Wildman–Crippen LogP) is 4.30. The fourth-order valence-corrected chi connectivity index (χ4v) is 2.72. The van der Waals surface area contributed by atoms with Gasteiger partial charge >= 0.3 is 5.97 Å². The van der Waals surface area contributed by atoms with Crippen molar-refractivity contribution in [1.82, 2.24) is 0 Å². The summed E-state index contributed by atoms with van der Waals surface area (Å²) < 4.78 is 5.50. The first-order chi connectivity index (χ1) is 11.3. The third-order valence-corrected chi connectivity index (χ3v) is 4.15. The number of phenolic OH excluding ortho intramolecular Hbond substituents is 1. The van der Waals surface area contributed by atoms with E-state index in [0.29, 0.717) is 15.2 Å². The summed E-state index contributed by atoms with van der Waals surface area (Å²) >= 11 is 9.13. The standard InChI is InChI=1S/C17H15BrClNO4/c1-9-7-11(15(21)12(18)8-9)17(23)24-10(2)16(22)20-14-6-4-3-5-13(14)19/h3-8,10,21H,1-2H3,(H,20,22). The zero-order valence-electron chi connectivity index (χ0n) is 13.0. The van der Waals surface area contributed by atoms with E-state index in [1.807, 2.05) is 0 Å². The van der Waals surface area contributed by atoms with E-state index in [4.69, 9.17) is 16.3 Å². The van der Waals surface area contributed by atoms with Crippen LogP contribution in [0.25, 0.3) is 0 Å². The number of aromatic hydroxyl groups is 1. The first kappa shape index (κ1) is 18.3. The van der Waals surface area contributed by atoms with Crippen molar-refractivity contribution in [3.63, 3.8) is 0 Å². The van der Waals surface area contributed by atoms with Gasteiger partial charge in [0.25, 0.3) is 5.91 Å². The summed E-state index contributed by atoms with van der Waals surface area (Å²) in [7, 11) is 0. The van der Waals surface area contributed by atoms with Crippen molar-refractivity contribution in [2.45, 2.75) is 20.0 Å². The van der Waals surface area contributed by atoms with Crippen molar-refractivity contribution < 1.29 is 19.4 Å². The highest BCUT2D eigenvalue weighted by Crippen LogP contribution is 2.30. The lowest BCUT2D eigenvalue weighted by Crippen LogP contribution is -2.30. The van der Waals surface area contributed by atoms with Gasteiger partial charge < -0.3 is 15.2 Å². The summed E-state index contributed by atoms with van der Waals surface area (Å²) in [5, 5.41) is 12.9. The molecule has 0 bridgehead atoms. The maximum Gasteiger partial charge on any atom is 0.342 e. The van der Waals surface area contributed by atoms with Gasteiger partial charge in [-0.1, -0.05) is 23.7 Å². The first-order valence-corrected chi connectivity index (χ1v) is 8.22. The van der Waals surface area contributed by atoms with Crippen LogP contribution in [0.15, 0.2) is 40.9 Å². The van der Waals surface area contributed by atoms with Gasteiger partial charge in [-0.3, -0.25) is 4.79 Å². The molecule has 0 aliphatic rings. The van der Waals surface area contributed by atoms with Crippen LogP contribution < -0.4 is 5.32 Å². The van der Waals surface area contributed by atoms with Gasteiger partial charge in [0.1, 0.15) is 11.3 Å². The Labute approximate surface area is 152 Å². The first-order valence-electron chi connectivity index (χ1n) is 7.05. The molecule has 0 saturated heterocycles. The van der Waals surface area contributed by atoms with Gasteiger partial charge in [0.05, 0.1) is 15.2 Å². The number of carbonyl (C=O) groups is 2. The van der Waals surface area contributed by atoms with Crippen molar-refractivity contribution in [3.8, 4) is 5.75 Å². The minimum absolute atomic E-state index is 0.0146. The molecule has 0 spiro atoms. The SMILES string of the molecule is Cc1cc(Br)c(O)c(C(=O)OC(C)C(=O)Nc2ccccc2Cl)c1. The quantitative estimate of drug-likeness (QED) is 0.734. The molecular weight excluding hydrogens is 398 g/mol. The number of rotatable bonds is 4. The van der Waals surface area contributed by atoms with Gasteiger partial charge in [-0.05, 0) is 59.6 Å². The molecule has 0 radical (unpaired) electrons. The minimum atomic E-state index is -1.06. The van der Waals surface area contributed by atoms with E-state index in [-0.39, 0.29) is 11.3 Å². The van der Waals surface area contributed by atoms with Gasteiger partial charge in [-0.15, -0.1) is 0 Å². The molecule has 0 fully saturated rings. The molecule has 24 heavy (non-hydrogen) atoms. The smallest absolute Gasteiger partial charge is 0.342 e. The van der Waals surface area contributed by atoms with E-state index >= 15 is 0 Å². The molecule has 2 rings (SSSR count). The Hall–Kier alpha value is -2.05. The van der Waals surface area contributed by atoms with Gasteiger partial charge in [-0.25, -0.2) is 4.79 Å². The van der Waals surface area contributed by atoms with Crippen molar-refractivity contribution in [2.75, 3.05) is 5.32 Å². The zero-order chi connectivity index (χ0) is 17.9. The molecule has 126 valence electrons. The number of hydrogen-bond acceptors (Lipinski definition) is 4. The highest BCUT2D eigenvalue weighted by atomic mass is 79.9. The van der Waals surface area contributed by atoms with Crippen LogP contribution in [0.2, 0.25) is 5.02 Å². The summed E-state index contributed by atoms with van der Waals surface area (Å²) in [5.74, 6) is -1.55. The van der Waals surface area contributed by atoms with Crippen LogP contribution >= 0.6 is 27.5 Å². The molecule has 0 aromatic heterocycles. The number of amides is 1. The van der Waals surface area contributed by atoms with Gasteiger partial charge in [0, 0.05) is 0 Å². The summed E-state index contributed by atoms with van der Waals surface area (Å²) in [6, 6.07) is 9.88. The Kier molecular flexibility index (Phi) is 5.85. The third-order valence-electron chi connectivity index (χ3n) is 3.21. The maximum absolute atomic E-state index is 12.2. The van der Waals surface area contributed by atoms with Crippen LogP contribution in [-0.4, -0.2) is 23.1 Å². The molecular formula is C17H15BrClNO4. The van der Waals surface area contributed by atoms with Gasteiger partial charge in [-0.2, -0.15) is 0 Å². The lowest BCUT2D eigenvalue weighted by atomic mass is 10.1. The predicted molar refractivity (Wildman–Crippen MR) is 95.5 cm³/mol. The molecule has 2 N–H and O–H groups in total. The molecule has 1 unspecified atom stereocenters. The number of phenols is 1. The molecule has 0 saturated carbocycles. The number of esters is 1. The van der Waals surface area contributed by atoms with Crippen molar-refractivity contribution in [1.29, 1.82) is 0 Å². The summed E-state index contributed by atoms with van der Waals surface area (Å²) in [6.07, 6.45) is -1.06. The van der Waals surface area contributed by atoms with E-state index < -0.39 is 18.0 Å². The summed E-state index contributed by atoms with van der Waals surface area (Å²) in [4.78, 5) is 24.3. The van der Waals surface area contributed by atoms with Crippen LogP contribution in [0.5, 0.6) is 5.75 Å². The topological polar surface area (TPSA) is 75.6 Å². The molecule has 1 atom stereocenters. The Morgan fingerprint density at radius 2 is 1.96 bits per heavy atom. The monoisotopic (exact) mass is 411 g/mol. The summed E-state index contributed by atoms with van der Waals surface area (Å²) in [5.41, 5.74) is 1.17. The van der Waals surface area contributed by atoms with Crippen LogP contribution in [0.3, 0.4) is 0 Å². The van der Waals surface area contributed by atoms with E-state index in [1.54, 1.807) is 37.3 Å². The second-order valence-corrected chi connectivity index (χ2v) is 6.42. The number of ether oxygens (including phenoxy) is 1. The Morgan fingerprint density at radius 1 is 1.29 bits per heavy atom. The zero-order valence-corrected chi connectivity index (χ0v) is 15.3. The molecule has 2 aromatic carbocycles. The summed E-state index contributed by atoms with van der Waals surface area (Å²) in [6.45, 7) is 3.21. The lowest BCUT2D eigenvalue weighted by Gasteiger charge is -2.15. The van der Waals surface area contributed by atoms with E-state index in [2.05, 4.69) is 21.2 Å². The van der Waals surface area contributed by atoms with Gasteiger partial charge in [0.2, 0.25) is 0 Å². The lowest BCUT2D eigenvalue weighted by molar-refractivity contribution is -0.123. The minimum Gasteiger partial charge on any atom is -0.506 e. The number of nitrogens with one attached hydrogen (secondary N) is 1. The average Bonchev–Trinajstić information content (AvgIpc) is 2.52. The van der Waals surface area contributed by atoms with Crippen LogP contribution in [-0.2, 0) is 9.53 Å². The maximum atomic E-state index is 12.2. The van der Waals surface area contributed by atoms with E-state index in [1.165, 1.54) is 13.0 Å². The normalized spacial score (nSPS) is 11.7. The van der Waals surface area contributed by atoms with E-state index in [0.717, 1.165) is 5.56 Å². The van der Waals surface area contributed by atoms with Crippen LogP contribution in [0.4, 0.5) is 5.69 Å². The molecule has 2 aromatic rings. The molecule has 1 amide bonds. The Balaban J connectivity index is 2.09. The number of para-hydroxylation sites is 1. The molecule has 0 aliphatic carbocycles. The highest BCUT2D eigenvalue weighted by molar-refractivity contribution is 9.10. The fourth-order valence-electron chi connectivity index (χ4n) is 1.96. The van der Waals surface area contributed by atoms with Crippen LogP contribution in [0.1, 0.15) is 22.8 Å². The molecule has 5 nitrogen and oxygen atoms in total. The van der Waals surface area contributed by atoms with Crippen molar-refractivity contribution >= 4 is 45.1 Å². The number of aryl methyl sites for hydroxylation is 1. The Bertz CT molecular complexity index is 794. The number of benzene rings is 2. The van der Waals surface area contributed by atoms with E-state index in [9.17, 15) is 14.7 Å². The van der Waals surface area contributed by atoms with Crippen LogP contribution in [0, 0.1) is 6.92 Å². The molecule has 7 heteroatoms. The number of halogens is 2. The molecule has 0 aliphatic heterocycles. The molecule has 0 heterocycles. The highest BCUT2D eigenvalue weighted by Gasteiger charge is 2.22. The number of carbonyl (C=O) groups excluding carboxylic acids is 2. The third kappa shape index (κ3) is 4.27. The largest absolute Gasteiger partial charge is 0.506 e. The number of anilines is 1. The van der Waals surface area contributed by atoms with Crippen molar-refractivity contribution in [3.05, 3.63) is 57.0 Å². The fraction of sp³-hybridized carbons (Fsp3) is 0.176. The van der Waals surface area contributed by atoms with Gasteiger partial charge in [0.15, 0.2) is 6.10 Å².